The van der Waals surface area contributed by atoms with Gasteiger partial charge < -0.3 is 0 Å². The first kappa shape index (κ1) is 20.9. The molecule has 2 aliphatic rings. The van der Waals surface area contributed by atoms with Crippen molar-refractivity contribution in [3.05, 3.63) is 0 Å². The maximum Gasteiger partial charge on any atom is 0.284 e. The van der Waals surface area contributed by atoms with Crippen molar-refractivity contribution < 1.29 is 50.4 Å². The van der Waals surface area contributed by atoms with Crippen molar-refractivity contribution >= 4 is 40.5 Å². The summed E-state index contributed by atoms with van der Waals surface area (Å²) < 4.78 is 111. The summed E-state index contributed by atoms with van der Waals surface area (Å²) in [5, 5.41) is -1.62. The molecule has 2 aliphatic heterocycles. The first-order valence-corrected chi connectivity index (χ1v) is 13.0. The predicted molar refractivity (Wildman–Crippen MR) is 81.1 cm³/mol. The summed E-state index contributed by atoms with van der Waals surface area (Å²) in [5.74, 6) is -1.50. The van der Waals surface area contributed by atoms with Crippen LogP contribution < -0.4 is 0 Å². The van der Waals surface area contributed by atoms with Gasteiger partial charge in [0, 0.05) is 0 Å². The molecule has 2 heterocycles. The van der Waals surface area contributed by atoms with E-state index in [4.69, 9.17) is 0 Å². The number of rotatable bonds is 6. The molecule has 0 saturated carbocycles. The Hall–Kier alpha value is -0.360. The van der Waals surface area contributed by atoms with E-state index in [2.05, 4.69) is 16.7 Å². The van der Waals surface area contributed by atoms with Gasteiger partial charge in [-0.1, -0.05) is 0 Å². The quantitative estimate of drug-likeness (QED) is 0.408. The number of hydrogen-bond donors (Lipinski definition) is 0. The fourth-order valence-electron chi connectivity index (χ4n) is 2.16. The molecule has 2 fully saturated rings. The van der Waals surface area contributed by atoms with Crippen molar-refractivity contribution in [2.24, 2.45) is 0 Å². The molecule has 16 heteroatoms. The third-order valence-electron chi connectivity index (χ3n) is 3.21. The van der Waals surface area contributed by atoms with E-state index in [-0.39, 0.29) is 0 Å². The van der Waals surface area contributed by atoms with E-state index in [9.17, 15) is 33.7 Å². The van der Waals surface area contributed by atoms with Crippen LogP contribution in [0.4, 0.5) is 0 Å². The minimum Gasteiger partial charge on any atom is -0.264 e. The molecular formula is C9H16O12S4. The molecule has 25 heavy (non-hydrogen) atoms. The first-order valence-electron chi connectivity index (χ1n) is 6.74. The molecule has 0 N–H and O–H groups in total. The Morgan fingerprint density at radius 3 is 1.36 bits per heavy atom. The van der Waals surface area contributed by atoms with E-state index in [1.807, 2.05) is 0 Å². The Morgan fingerprint density at radius 1 is 0.800 bits per heavy atom. The Morgan fingerprint density at radius 2 is 1.12 bits per heavy atom. The normalized spacial score (nSPS) is 35.0. The molecule has 0 aliphatic carbocycles. The van der Waals surface area contributed by atoms with E-state index in [1.165, 1.54) is 13.8 Å². The molecule has 0 aromatic rings. The molecule has 4 atom stereocenters. The highest BCUT2D eigenvalue weighted by Gasteiger charge is 2.43. The average molecular weight is 444 g/mol. The van der Waals surface area contributed by atoms with Crippen LogP contribution in [0.1, 0.15) is 13.8 Å². The summed E-state index contributed by atoms with van der Waals surface area (Å²) >= 11 is 0. The van der Waals surface area contributed by atoms with Crippen LogP contribution in [0.15, 0.2) is 0 Å². The van der Waals surface area contributed by atoms with Crippen LogP contribution in [0.5, 0.6) is 0 Å². The standard InChI is InChI=1S/C9H16O12S4/c1-6-8(3-22(10,11)18-6)20-24(14,15)5-25(16,17)21-9-4-23(12,13)19-7(9)2/h6-9H,3-5H2,1-2H3. The summed E-state index contributed by atoms with van der Waals surface area (Å²) in [7, 11) is -17.4. The lowest BCUT2D eigenvalue weighted by Crippen LogP contribution is -2.34. The van der Waals surface area contributed by atoms with Gasteiger partial charge in [-0.2, -0.15) is 33.7 Å². The predicted octanol–water partition coefficient (Wildman–Crippen LogP) is -2.13. The van der Waals surface area contributed by atoms with Gasteiger partial charge in [-0.3, -0.25) is 16.7 Å². The minimum atomic E-state index is -4.74. The average Bonchev–Trinajstić information content (AvgIpc) is 2.70. The smallest absolute Gasteiger partial charge is 0.264 e. The number of hydrogen-bond acceptors (Lipinski definition) is 12. The molecule has 148 valence electrons. The third kappa shape index (κ3) is 5.81. The summed E-state index contributed by atoms with van der Waals surface area (Å²) in [4.78, 5) is 0. The highest BCUT2D eigenvalue weighted by molar-refractivity contribution is 8.03. The van der Waals surface area contributed by atoms with Gasteiger partial charge >= 0.3 is 0 Å². The fraction of sp³-hybridized carbons (Fsp3) is 1.00. The monoisotopic (exact) mass is 444 g/mol. The Balaban J connectivity index is 2.04. The zero-order valence-corrected chi connectivity index (χ0v) is 16.2. The highest BCUT2D eigenvalue weighted by atomic mass is 32.3. The van der Waals surface area contributed by atoms with E-state index < -0.39 is 81.5 Å². The van der Waals surface area contributed by atoms with Gasteiger partial charge in [0.2, 0.25) is 5.08 Å². The summed E-state index contributed by atoms with van der Waals surface area (Å²) in [5.41, 5.74) is 0. The van der Waals surface area contributed by atoms with Crippen LogP contribution >= 0.6 is 0 Å². The van der Waals surface area contributed by atoms with Crippen LogP contribution in [0.25, 0.3) is 0 Å². The van der Waals surface area contributed by atoms with Crippen molar-refractivity contribution in [2.75, 3.05) is 16.6 Å². The van der Waals surface area contributed by atoms with Crippen LogP contribution in [-0.2, 0) is 57.2 Å². The van der Waals surface area contributed by atoms with Gasteiger partial charge in [0.25, 0.3) is 40.5 Å². The highest BCUT2D eigenvalue weighted by Crippen LogP contribution is 2.24. The second kappa shape index (κ2) is 6.66. The fourth-order valence-corrected chi connectivity index (χ4v) is 8.21. The third-order valence-corrected chi connectivity index (χ3v) is 9.27. The van der Waals surface area contributed by atoms with Crippen molar-refractivity contribution in [1.82, 2.24) is 0 Å². The molecular weight excluding hydrogens is 428 g/mol. The zero-order valence-electron chi connectivity index (χ0n) is 13.0. The van der Waals surface area contributed by atoms with Crippen LogP contribution in [0, 0.1) is 0 Å². The van der Waals surface area contributed by atoms with Crippen LogP contribution in [0.2, 0.25) is 0 Å². The Kier molecular flexibility index (Phi) is 5.58. The van der Waals surface area contributed by atoms with Gasteiger partial charge in [0.1, 0.15) is 35.9 Å². The van der Waals surface area contributed by atoms with E-state index >= 15 is 0 Å². The van der Waals surface area contributed by atoms with Gasteiger partial charge in [0.05, 0.1) is 0 Å². The largest absolute Gasteiger partial charge is 0.284 e. The van der Waals surface area contributed by atoms with E-state index in [0.717, 1.165) is 0 Å². The molecule has 0 aromatic heterocycles. The SMILES string of the molecule is CC1OS(=O)(=O)CC1OS(=O)(=O)CS(=O)(=O)OC1CS(=O)(=O)OC1C. The second-order valence-corrected chi connectivity index (χ2v) is 12.4. The Labute approximate surface area is 145 Å². The molecule has 12 nitrogen and oxygen atoms in total. The summed E-state index contributed by atoms with van der Waals surface area (Å²) in [6, 6.07) is 0. The lowest BCUT2D eigenvalue weighted by Gasteiger charge is -2.15. The lowest BCUT2D eigenvalue weighted by atomic mass is 10.3. The topological polar surface area (TPSA) is 173 Å². The van der Waals surface area contributed by atoms with Crippen molar-refractivity contribution in [3.8, 4) is 0 Å². The molecule has 4 unspecified atom stereocenters. The van der Waals surface area contributed by atoms with Gasteiger partial charge in [-0.15, -0.1) is 0 Å². The molecule has 0 amide bonds. The molecule has 2 saturated heterocycles. The molecule has 0 spiro atoms. The Bertz CT molecular complexity index is 851. The maximum absolute atomic E-state index is 11.9. The van der Waals surface area contributed by atoms with E-state index in [1.54, 1.807) is 0 Å². The van der Waals surface area contributed by atoms with Gasteiger partial charge in [-0.25, -0.2) is 0 Å². The summed E-state index contributed by atoms with van der Waals surface area (Å²) in [6.45, 7) is 2.50. The van der Waals surface area contributed by atoms with Gasteiger partial charge in [0.15, 0.2) is 0 Å². The molecule has 0 aromatic carbocycles. The maximum atomic E-state index is 11.9. The summed E-state index contributed by atoms with van der Waals surface area (Å²) in [6.07, 6.45) is -5.03. The zero-order chi connectivity index (χ0) is 19.3. The van der Waals surface area contributed by atoms with Gasteiger partial charge in [-0.05, 0) is 13.8 Å². The van der Waals surface area contributed by atoms with E-state index in [0.29, 0.717) is 0 Å². The molecule has 0 bridgehead atoms. The molecule has 0 radical (unpaired) electrons. The van der Waals surface area contributed by atoms with Crippen molar-refractivity contribution in [1.29, 1.82) is 0 Å². The van der Waals surface area contributed by atoms with Crippen molar-refractivity contribution in [3.63, 3.8) is 0 Å². The van der Waals surface area contributed by atoms with Crippen LogP contribution in [0.3, 0.4) is 0 Å². The second-order valence-electron chi connectivity index (χ2n) is 5.55. The first-order chi connectivity index (χ1) is 11.1. The molecule has 2 rings (SSSR count). The lowest BCUT2D eigenvalue weighted by molar-refractivity contribution is 0.117. The minimum absolute atomic E-state index is 0.750. The van der Waals surface area contributed by atoms with Crippen molar-refractivity contribution in [2.45, 2.75) is 38.3 Å². The van der Waals surface area contributed by atoms with Crippen LogP contribution in [-0.4, -0.2) is 74.7 Å².